The largest absolute Gasteiger partial charge is 0.496 e. The first kappa shape index (κ1) is 16.5. The Morgan fingerprint density at radius 3 is 2.65 bits per heavy atom. The molecule has 0 aliphatic carbocycles. The maximum Gasteiger partial charge on any atom is 0.341 e. The van der Waals surface area contributed by atoms with Crippen molar-refractivity contribution in [3.8, 4) is 5.75 Å². The summed E-state index contributed by atoms with van der Waals surface area (Å²) >= 11 is 0. The number of ether oxygens (including phenoxy) is 2. The van der Waals surface area contributed by atoms with Crippen molar-refractivity contribution in [1.82, 2.24) is 9.97 Å². The van der Waals surface area contributed by atoms with Crippen LogP contribution >= 0.6 is 0 Å². The molecule has 23 heavy (non-hydrogen) atoms. The number of nitrogens with one attached hydrogen (secondary N) is 1. The van der Waals surface area contributed by atoms with Gasteiger partial charge >= 0.3 is 5.97 Å². The van der Waals surface area contributed by atoms with Crippen molar-refractivity contribution in [3.63, 3.8) is 0 Å². The summed E-state index contributed by atoms with van der Waals surface area (Å²) in [4.78, 5) is 20.1. The molecule has 0 aliphatic rings. The van der Waals surface area contributed by atoms with E-state index in [-0.39, 0.29) is 0 Å². The average Bonchev–Trinajstić information content (AvgIpc) is 2.60. The molecule has 6 heteroatoms. The van der Waals surface area contributed by atoms with Crippen LogP contribution in [0.5, 0.6) is 5.75 Å². The first-order valence-electron chi connectivity index (χ1n) is 7.07. The summed E-state index contributed by atoms with van der Waals surface area (Å²) < 4.78 is 9.97. The van der Waals surface area contributed by atoms with E-state index in [1.165, 1.54) is 20.5 Å². The van der Waals surface area contributed by atoms with Crippen molar-refractivity contribution in [2.24, 2.45) is 0 Å². The van der Waals surface area contributed by atoms with Gasteiger partial charge in [0.1, 0.15) is 23.5 Å². The summed E-state index contributed by atoms with van der Waals surface area (Å²) in [5.74, 6) is 0.645. The third-order valence-corrected chi connectivity index (χ3v) is 3.38. The molecule has 0 fully saturated rings. The van der Waals surface area contributed by atoms with Gasteiger partial charge < -0.3 is 14.8 Å². The molecule has 0 saturated heterocycles. The molecule has 2 aromatic rings. The Morgan fingerprint density at radius 2 is 2.00 bits per heavy atom. The molecule has 0 radical (unpaired) electrons. The van der Waals surface area contributed by atoms with Gasteiger partial charge in [-0.1, -0.05) is 6.08 Å². The maximum absolute atomic E-state index is 11.7. The molecular formula is C17H19N3O3. The van der Waals surface area contributed by atoms with Gasteiger partial charge in [0.2, 0.25) is 0 Å². The summed E-state index contributed by atoms with van der Waals surface area (Å²) in [6.07, 6.45) is 3.49. The van der Waals surface area contributed by atoms with E-state index in [9.17, 15) is 4.79 Å². The Balaban J connectivity index is 2.29. The molecule has 0 spiro atoms. The number of hydrogen-bond donors (Lipinski definition) is 1. The Morgan fingerprint density at radius 1 is 1.22 bits per heavy atom. The Bertz CT molecular complexity index is 742. The quantitative estimate of drug-likeness (QED) is 0.852. The van der Waals surface area contributed by atoms with Gasteiger partial charge in [-0.2, -0.15) is 0 Å². The number of nitrogens with zero attached hydrogens (tertiary/aromatic N) is 2. The number of carbonyl (C=O) groups excluding carboxylic acids is 1. The topological polar surface area (TPSA) is 73.3 Å². The predicted octanol–water partition coefficient (Wildman–Crippen LogP) is 3.44. The number of methoxy groups -OCH3 is 2. The summed E-state index contributed by atoms with van der Waals surface area (Å²) in [5.41, 5.74) is 3.03. The fourth-order valence-electron chi connectivity index (χ4n) is 1.98. The molecule has 1 aromatic heterocycles. The molecule has 6 nitrogen and oxygen atoms in total. The lowest BCUT2D eigenvalue weighted by atomic mass is 10.1. The number of benzene rings is 1. The fourth-order valence-corrected chi connectivity index (χ4v) is 1.98. The highest BCUT2D eigenvalue weighted by Gasteiger charge is 2.13. The van der Waals surface area contributed by atoms with E-state index in [2.05, 4.69) is 15.3 Å². The second kappa shape index (κ2) is 7.40. The monoisotopic (exact) mass is 313 g/mol. The molecular weight excluding hydrogens is 294 g/mol. The van der Waals surface area contributed by atoms with E-state index in [0.29, 0.717) is 17.1 Å². The third-order valence-electron chi connectivity index (χ3n) is 3.38. The summed E-state index contributed by atoms with van der Waals surface area (Å²) in [7, 11) is 2.84. The highest BCUT2D eigenvalue weighted by Crippen LogP contribution is 2.26. The molecule has 0 atom stereocenters. The Kier molecular flexibility index (Phi) is 5.30. The molecule has 1 heterocycles. The smallest absolute Gasteiger partial charge is 0.341 e. The first-order valence-corrected chi connectivity index (χ1v) is 7.07. The second-order valence-corrected chi connectivity index (χ2v) is 4.79. The number of hydrogen-bond acceptors (Lipinski definition) is 6. The fraction of sp³-hybridized carbons (Fsp3) is 0.235. The number of esters is 1. The van der Waals surface area contributed by atoms with E-state index in [4.69, 9.17) is 9.47 Å². The summed E-state index contributed by atoms with van der Waals surface area (Å²) in [6.45, 7) is 3.95. The van der Waals surface area contributed by atoms with Crippen molar-refractivity contribution in [2.45, 2.75) is 13.8 Å². The average molecular weight is 313 g/mol. The van der Waals surface area contributed by atoms with E-state index in [1.807, 2.05) is 26.0 Å². The van der Waals surface area contributed by atoms with Crippen LogP contribution < -0.4 is 10.1 Å². The first-order chi connectivity index (χ1) is 11.1. The molecule has 0 aliphatic heterocycles. The predicted molar refractivity (Wildman–Crippen MR) is 89.0 cm³/mol. The van der Waals surface area contributed by atoms with Crippen molar-refractivity contribution in [2.75, 3.05) is 19.5 Å². The highest BCUT2D eigenvalue weighted by molar-refractivity contribution is 5.93. The molecule has 1 N–H and O–H groups in total. The van der Waals surface area contributed by atoms with Crippen LogP contribution in [0.15, 0.2) is 36.7 Å². The zero-order chi connectivity index (χ0) is 16.8. The SMILES string of the molecule is CC=C(C)c1cc(Nc2ccc(C(=O)OC)c(OC)c2)ncn1. The van der Waals surface area contributed by atoms with Gasteiger partial charge in [0.05, 0.1) is 19.9 Å². The van der Waals surface area contributed by atoms with Crippen LogP contribution in [0.3, 0.4) is 0 Å². The third kappa shape index (κ3) is 3.85. The van der Waals surface area contributed by atoms with Gasteiger partial charge in [-0.15, -0.1) is 0 Å². The van der Waals surface area contributed by atoms with Crippen LogP contribution in [0.1, 0.15) is 29.9 Å². The minimum atomic E-state index is -0.443. The van der Waals surface area contributed by atoms with E-state index in [0.717, 1.165) is 17.0 Å². The van der Waals surface area contributed by atoms with Gasteiger partial charge in [-0.05, 0) is 31.6 Å². The van der Waals surface area contributed by atoms with E-state index in [1.54, 1.807) is 18.2 Å². The van der Waals surface area contributed by atoms with Crippen LogP contribution in [0.25, 0.3) is 5.57 Å². The lowest BCUT2D eigenvalue weighted by Gasteiger charge is -2.11. The molecule has 0 unspecified atom stereocenters. The number of aromatic nitrogens is 2. The van der Waals surface area contributed by atoms with Crippen molar-refractivity contribution < 1.29 is 14.3 Å². The van der Waals surface area contributed by atoms with Crippen molar-refractivity contribution in [1.29, 1.82) is 0 Å². The summed E-state index contributed by atoms with van der Waals surface area (Å²) in [6, 6.07) is 6.98. The Hall–Kier alpha value is -2.89. The van der Waals surface area contributed by atoms with Crippen LogP contribution in [-0.4, -0.2) is 30.2 Å². The number of rotatable bonds is 5. The van der Waals surface area contributed by atoms with Gasteiger partial charge in [0.15, 0.2) is 0 Å². The molecule has 1 aromatic carbocycles. The van der Waals surface area contributed by atoms with E-state index >= 15 is 0 Å². The Labute approximate surface area is 135 Å². The zero-order valence-electron chi connectivity index (χ0n) is 13.6. The minimum absolute atomic E-state index is 0.369. The standard InChI is InChI=1S/C17H19N3O3/c1-5-11(2)14-9-16(19-10-18-14)20-12-6-7-13(17(21)23-4)15(8-12)22-3/h5-10H,1-4H3,(H,18,19,20). The van der Waals surface area contributed by atoms with Crippen LogP contribution in [0, 0.1) is 0 Å². The van der Waals surface area contributed by atoms with Crippen LogP contribution in [0.4, 0.5) is 11.5 Å². The lowest BCUT2D eigenvalue weighted by molar-refractivity contribution is 0.0597. The highest BCUT2D eigenvalue weighted by atomic mass is 16.5. The van der Waals surface area contributed by atoms with Gasteiger partial charge in [0, 0.05) is 17.8 Å². The van der Waals surface area contributed by atoms with Crippen LogP contribution in [-0.2, 0) is 4.74 Å². The number of anilines is 2. The maximum atomic E-state index is 11.7. The molecule has 2 rings (SSSR count). The van der Waals surface area contributed by atoms with Crippen molar-refractivity contribution in [3.05, 3.63) is 47.9 Å². The molecule has 0 bridgehead atoms. The van der Waals surface area contributed by atoms with Gasteiger partial charge in [0.25, 0.3) is 0 Å². The number of allylic oxidation sites excluding steroid dienone is 2. The van der Waals surface area contributed by atoms with E-state index < -0.39 is 5.97 Å². The van der Waals surface area contributed by atoms with Gasteiger partial charge in [-0.3, -0.25) is 0 Å². The molecule has 0 saturated carbocycles. The summed E-state index contributed by atoms with van der Waals surface area (Å²) in [5, 5.41) is 3.17. The number of carbonyl (C=O) groups is 1. The van der Waals surface area contributed by atoms with Crippen LogP contribution in [0.2, 0.25) is 0 Å². The molecule has 120 valence electrons. The zero-order valence-corrected chi connectivity index (χ0v) is 13.6. The normalized spacial score (nSPS) is 11.0. The second-order valence-electron chi connectivity index (χ2n) is 4.79. The van der Waals surface area contributed by atoms with Crippen molar-refractivity contribution >= 4 is 23.0 Å². The lowest BCUT2D eigenvalue weighted by Crippen LogP contribution is -2.05. The molecule has 0 amide bonds. The minimum Gasteiger partial charge on any atom is -0.496 e. The van der Waals surface area contributed by atoms with Gasteiger partial charge in [-0.25, -0.2) is 14.8 Å².